The molecule has 1 amide bonds. The summed E-state index contributed by atoms with van der Waals surface area (Å²) >= 11 is 1.36. The largest absolute Gasteiger partial charge is 0.382 e. The number of aromatic nitrogens is 1. The molecule has 2 heterocycles. The molecule has 19 heavy (non-hydrogen) atoms. The molecular weight excluding hydrogens is 264 g/mol. The van der Waals surface area contributed by atoms with Gasteiger partial charge >= 0.3 is 0 Å². The van der Waals surface area contributed by atoms with E-state index in [2.05, 4.69) is 15.2 Å². The maximum atomic E-state index is 12.2. The van der Waals surface area contributed by atoms with Gasteiger partial charge in [0.25, 0.3) is 5.91 Å². The molecule has 2 fully saturated rings. The summed E-state index contributed by atoms with van der Waals surface area (Å²) in [5, 5.41) is 3.82. The Morgan fingerprint density at radius 1 is 1.47 bits per heavy atom. The second-order valence-electron chi connectivity index (χ2n) is 5.33. The fourth-order valence-electron chi connectivity index (χ4n) is 2.02. The lowest BCUT2D eigenvalue weighted by Crippen LogP contribution is -2.36. The topological polar surface area (TPSA) is 80.5 Å². The third-order valence-electron chi connectivity index (χ3n) is 3.55. The molecule has 0 radical (unpaired) electrons. The van der Waals surface area contributed by atoms with Crippen LogP contribution in [0.5, 0.6) is 0 Å². The van der Waals surface area contributed by atoms with Crippen LogP contribution in [0.4, 0.5) is 10.9 Å². The molecule has 1 saturated carbocycles. The number of nitrogens with two attached hydrogens (primary N) is 1. The minimum absolute atomic E-state index is 0.0351. The number of nitrogens with one attached hydrogen (secondary N) is 1. The number of hydrogen-bond acceptors (Lipinski definition) is 6. The Hall–Kier alpha value is -1.34. The SMILES string of the molecule is CC1(NC(=O)c2sc(N3CCOCC3)nc2N)CC1. The summed E-state index contributed by atoms with van der Waals surface area (Å²) in [6, 6.07) is 0. The summed E-state index contributed by atoms with van der Waals surface area (Å²) in [7, 11) is 0. The van der Waals surface area contributed by atoms with Gasteiger partial charge in [0.1, 0.15) is 10.7 Å². The first-order chi connectivity index (χ1) is 9.07. The normalized spacial score (nSPS) is 21.2. The molecule has 0 aromatic carbocycles. The van der Waals surface area contributed by atoms with Crippen LogP contribution < -0.4 is 16.0 Å². The highest BCUT2D eigenvalue weighted by Crippen LogP contribution is 2.36. The Labute approximate surface area is 115 Å². The monoisotopic (exact) mass is 282 g/mol. The zero-order chi connectivity index (χ0) is 13.5. The van der Waals surface area contributed by atoms with Gasteiger partial charge in [0.2, 0.25) is 0 Å². The van der Waals surface area contributed by atoms with E-state index < -0.39 is 0 Å². The maximum absolute atomic E-state index is 12.2. The van der Waals surface area contributed by atoms with Crippen LogP contribution in [0.2, 0.25) is 0 Å². The van der Waals surface area contributed by atoms with Gasteiger partial charge in [0.05, 0.1) is 13.2 Å². The van der Waals surface area contributed by atoms with E-state index in [1.807, 2.05) is 6.92 Å². The smallest absolute Gasteiger partial charge is 0.265 e. The van der Waals surface area contributed by atoms with Crippen molar-refractivity contribution in [3.8, 4) is 0 Å². The molecule has 0 unspecified atom stereocenters. The lowest BCUT2D eigenvalue weighted by atomic mass is 10.3. The number of hydrogen-bond donors (Lipinski definition) is 2. The van der Waals surface area contributed by atoms with Crippen LogP contribution in [0.25, 0.3) is 0 Å². The fourth-order valence-corrected chi connectivity index (χ4v) is 2.95. The van der Waals surface area contributed by atoms with Crippen molar-refractivity contribution in [3.63, 3.8) is 0 Å². The molecule has 0 atom stereocenters. The van der Waals surface area contributed by atoms with Crippen molar-refractivity contribution in [1.82, 2.24) is 10.3 Å². The van der Waals surface area contributed by atoms with Gasteiger partial charge < -0.3 is 20.7 Å². The molecule has 104 valence electrons. The summed E-state index contributed by atoms with van der Waals surface area (Å²) < 4.78 is 5.30. The average Bonchev–Trinajstić information content (AvgIpc) is 2.99. The van der Waals surface area contributed by atoms with E-state index in [0.717, 1.165) is 31.1 Å². The highest BCUT2D eigenvalue weighted by molar-refractivity contribution is 7.18. The highest BCUT2D eigenvalue weighted by atomic mass is 32.1. The Balaban J connectivity index is 1.74. The Bertz CT molecular complexity index is 492. The van der Waals surface area contributed by atoms with Gasteiger partial charge in [-0.25, -0.2) is 4.98 Å². The van der Waals surface area contributed by atoms with Crippen molar-refractivity contribution >= 4 is 28.2 Å². The third-order valence-corrected chi connectivity index (χ3v) is 4.68. The molecule has 2 aliphatic rings. The van der Waals surface area contributed by atoms with Crippen molar-refractivity contribution in [3.05, 3.63) is 4.88 Å². The number of carbonyl (C=O) groups is 1. The molecule has 1 aromatic rings. The van der Waals surface area contributed by atoms with E-state index in [-0.39, 0.29) is 11.4 Å². The van der Waals surface area contributed by atoms with Gasteiger partial charge in [-0.05, 0) is 19.8 Å². The van der Waals surface area contributed by atoms with Gasteiger partial charge in [-0.15, -0.1) is 0 Å². The van der Waals surface area contributed by atoms with Crippen LogP contribution in [0.15, 0.2) is 0 Å². The number of rotatable bonds is 3. The Morgan fingerprint density at radius 2 is 2.16 bits per heavy atom. The number of nitrogens with zero attached hydrogens (tertiary/aromatic N) is 2. The average molecular weight is 282 g/mol. The zero-order valence-corrected chi connectivity index (χ0v) is 11.8. The van der Waals surface area contributed by atoms with Gasteiger partial charge in [0, 0.05) is 18.6 Å². The molecule has 1 aliphatic heterocycles. The molecule has 6 nitrogen and oxygen atoms in total. The standard InChI is InChI=1S/C12H18N4O2S/c1-12(2-3-12)15-10(17)8-9(13)14-11(19-8)16-4-6-18-7-5-16/h2-7,13H2,1H3,(H,15,17). The number of anilines is 2. The molecule has 0 bridgehead atoms. The van der Waals surface area contributed by atoms with E-state index in [0.29, 0.717) is 23.9 Å². The first-order valence-corrected chi connectivity index (χ1v) is 7.31. The van der Waals surface area contributed by atoms with Crippen molar-refractivity contribution in [2.75, 3.05) is 36.9 Å². The summed E-state index contributed by atoms with van der Waals surface area (Å²) in [6.07, 6.45) is 2.07. The van der Waals surface area contributed by atoms with E-state index in [9.17, 15) is 4.79 Å². The molecule has 1 aromatic heterocycles. The first kappa shape index (κ1) is 12.7. The molecule has 1 saturated heterocycles. The number of thiazole rings is 1. The third kappa shape index (κ3) is 2.66. The van der Waals surface area contributed by atoms with E-state index in [1.54, 1.807) is 0 Å². The van der Waals surface area contributed by atoms with E-state index >= 15 is 0 Å². The minimum Gasteiger partial charge on any atom is -0.382 e. The summed E-state index contributed by atoms with van der Waals surface area (Å²) in [4.78, 5) is 19.1. The summed E-state index contributed by atoms with van der Waals surface area (Å²) in [5.74, 6) is 0.225. The first-order valence-electron chi connectivity index (χ1n) is 6.49. The van der Waals surface area contributed by atoms with E-state index in [1.165, 1.54) is 11.3 Å². The molecule has 0 spiro atoms. The minimum atomic E-state index is -0.102. The lowest BCUT2D eigenvalue weighted by Gasteiger charge is -2.25. The van der Waals surface area contributed by atoms with Crippen LogP contribution in [0.3, 0.4) is 0 Å². The number of carbonyl (C=O) groups excluding carboxylic acids is 1. The van der Waals surface area contributed by atoms with Gasteiger partial charge in [0.15, 0.2) is 5.13 Å². The van der Waals surface area contributed by atoms with Crippen molar-refractivity contribution in [1.29, 1.82) is 0 Å². The summed E-state index contributed by atoms with van der Waals surface area (Å²) in [6.45, 7) is 5.03. The zero-order valence-electron chi connectivity index (χ0n) is 10.9. The van der Waals surface area contributed by atoms with Crippen LogP contribution in [-0.4, -0.2) is 42.7 Å². The van der Waals surface area contributed by atoms with Gasteiger partial charge in [-0.2, -0.15) is 0 Å². The van der Waals surface area contributed by atoms with Crippen LogP contribution >= 0.6 is 11.3 Å². The fraction of sp³-hybridized carbons (Fsp3) is 0.667. The quantitative estimate of drug-likeness (QED) is 0.859. The van der Waals surface area contributed by atoms with Crippen LogP contribution in [0, 0.1) is 0 Å². The number of amides is 1. The van der Waals surface area contributed by atoms with Crippen LogP contribution in [0.1, 0.15) is 29.4 Å². The predicted octanol–water partition coefficient (Wildman–Crippen LogP) is 0.844. The molecular formula is C12H18N4O2S. The molecule has 1 aliphatic carbocycles. The molecule has 3 N–H and O–H groups in total. The number of morpholine rings is 1. The Kier molecular flexibility index (Phi) is 3.10. The second-order valence-corrected chi connectivity index (χ2v) is 6.30. The van der Waals surface area contributed by atoms with Gasteiger partial charge in [-0.1, -0.05) is 11.3 Å². The van der Waals surface area contributed by atoms with Crippen molar-refractivity contribution < 1.29 is 9.53 Å². The molecule has 3 rings (SSSR count). The van der Waals surface area contributed by atoms with Crippen LogP contribution in [-0.2, 0) is 4.74 Å². The maximum Gasteiger partial charge on any atom is 0.265 e. The second kappa shape index (κ2) is 4.64. The Morgan fingerprint density at radius 3 is 2.79 bits per heavy atom. The highest BCUT2D eigenvalue weighted by Gasteiger charge is 2.39. The number of ether oxygens (including phenoxy) is 1. The van der Waals surface area contributed by atoms with E-state index in [4.69, 9.17) is 10.5 Å². The van der Waals surface area contributed by atoms with Crippen molar-refractivity contribution in [2.45, 2.75) is 25.3 Å². The van der Waals surface area contributed by atoms with Gasteiger partial charge in [-0.3, -0.25) is 4.79 Å². The molecule has 7 heteroatoms. The number of nitrogen functional groups attached to an aromatic ring is 1. The lowest BCUT2D eigenvalue weighted by molar-refractivity contribution is 0.0940. The van der Waals surface area contributed by atoms with Crippen molar-refractivity contribution in [2.24, 2.45) is 0 Å². The predicted molar refractivity (Wildman–Crippen MR) is 74.7 cm³/mol. The summed E-state index contributed by atoms with van der Waals surface area (Å²) in [5.41, 5.74) is 5.83.